The van der Waals surface area contributed by atoms with Crippen molar-refractivity contribution in [2.45, 2.75) is 19.8 Å². The number of aromatic nitrogens is 2. The molecule has 4 nitrogen and oxygen atoms in total. The number of nitrogens with two attached hydrogens (primary N) is 1. The van der Waals surface area contributed by atoms with Crippen LogP contribution in [-0.2, 0) is 12.8 Å². The lowest BCUT2D eigenvalue weighted by atomic mass is 10.1. The smallest absolute Gasteiger partial charge is 0.321 e. The fraction of sp³-hybridized carbons (Fsp3) is 0.286. The molecular weight excluding hydrogens is 262 g/mol. The van der Waals surface area contributed by atoms with Crippen LogP contribution in [0, 0.1) is 0 Å². The molecule has 0 saturated carbocycles. The van der Waals surface area contributed by atoms with Gasteiger partial charge >= 0.3 is 6.01 Å². The Labute approximate surface area is 117 Å². The summed E-state index contributed by atoms with van der Waals surface area (Å²) in [6, 6.07) is 5.85. The Morgan fingerprint density at radius 1 is 1.26 bits per heavy atom. The van der Waals surface area contributed by atoms with E-state index in [0.717, 1.165) is 29.0 Å². The maximum Gasteiger partial charge on any atom is 0.321 e. The number of hydrogen-bond donors (Lipinski definition) is 1. The minimum absolute atomic E-state index is 0.324. The Bertz CT molecular complexity index is 543. The molecule has 1 aromatic carbocycles. The van der Waals surface area contributed by atoms with Crippen LogP contribution >= 0.6 is 11.6 Å². The van der Waals surface area contributed by atoms with Crippen molar-refractivity contribution in [2.75, 3.05) is 6.54 Å². The van der Waals surface area contributed by atoms with Crippen molar-refractivity contribution in [3.8, 4) is 11.8 Å². The summed E-state index contributed by atoms with van der Waals surface area (Å²) >= 11 is 6.06. The van der Waals surface area contributed by atoms with E-state index in [0.29, 0.717) is 18.3 Å². The SMILES string of the molecule is CCc1cc(Oc2ncc(CCN)cn2)ccc1Cl. The van der Waals surface area contributed by atoms with Crippen LogP contribution in [0.2, 0.25) is 5.02 Å². The zero-order valence-electron chi connectivity index (χ0n) is 10.8. The van der Waals surface area contributed by atoms with Crippen LogP contribution in [0.4, 0.5) is 0 Å². The van der Waals surface area contributed by atoms with E-state index in [4.69, 9.17) is 22.1 Å². The average Bonchev–Trinajstić information content (AvgIpc) is 2.43. The number of aryl methyl sites for hydroxylation is 1. The summed E-state index contributed by atoms with van der Waals surface area (Å²) in [6.07, 6.45) is 5.07. The number of nitrogens with zero attached hydrogens (tertiary/aromatic N) is 2. The highest BCUT2D eigenvalue weighted by Gasteiger charge is 2.04. The molecule has 0 aliphatic carbocycles. The molecule has 0 saturated heterocycles. The zero-order valence-corrected chi connectivity index (χ0v) is 11.5. The van der Waals surface area contributed by atoms with Crippen LogP contribution in [0.25, 0.3) is 0 Å². The minimum atomic E-state index is 0.324. The van der Waals surface area contributed by atoms with E-state index in [9.17, 15) is 0 Å². The van der Waals surface area contributed by atoms with E-state index in [2.05, 4.69) is 9.97 Å². The number of hydrogen-bond acceptors (Lipinski definition) is 4. The van der Waals surface area contributed by atoms with Gasteiger partial charge in [0, 0.05) is 17.4 Å². The van der Waals surface area contributed by atoms with Gasteiger partial charge in [0.1, 0.15) is 5.75 Å². The third kappa shape index (κ3) is 3.66. The highest BCUT2D eigenvalue weighted by molar-refractivity contribution is 6.31. The van der Waals surface area contributed by atoms with Gasteiger partial charge in [0.15, 0.2) is 0 Å². The molecule has 2 rings (SSSR count). The molecule has 100 valence electrons. The fourth-order valence-electron chi connectivity index (χ4n) is 1.68. The molecule has 0 radical (unpaired) electrons. The van der Waals surface area contributed by atoms with Gasteiger partial charge in [0.25, 0.3) is 0 Å². The zero-order chi connectivity index (χ0) is 13.7. The van der Waals surface area contributed by atoms with Gasteiger partial charge in [-0.15, -0.1) is 0 Å². The first kappa shape index (κ1) is 13.8. The van der Waals surface area contributed by atoms with Crippen molar-refractivity contribution >= 4 is 11.6 Å². The van der Waals surface area contributed by atoms with E-state index >= 15 is 0 Å². The molecule has 1 aromatic heterocycles. The van der Waals surface area contributed by atoms with E-state index in [-0.39, 0.29) is 0 Å². The Hall–Kier alpha value is -1.65. The van der Waals surface area contributed by atoms with Gasteiger partial charge < -0.3 is 10.5 Å². The summed E-state index contributed by atoms with van der Waals surface area (Å²) in [5.41, 5.74) is 7.51. The Balaban J connectivity index is 2.12. The van der Waals surface area contributed by atoms with Crippen LogP contribution in [0.15, 0.2) is 30.6 Å². The summed E-state index contributed by atoms with van der Waals surface area (Å²) in [5.74, 6) is 0.688. The molecule has 0 spiro atoms. The van der Waals surface area contributed by atoms with Crippen molar-refractivity contribution in [3.63, 3.8) is 0 Å². The third-order valence-corrected chi connectivity index (χ3v) is 3.09. The Morgan fingerprint density at radius 2 is 2.00 bits per heavy atom. The fourth-order valence-corrected chi connectivity index (χ4v) is 1.93. The number of ether oxygens (including phenoxy) is 1. The van der Waals surface area contributed by atoms with Crippen LogP contribution < -0.4 is 10.5 Å². The van der Waals surface area contributed by atoms with Gasteiger partial charge in [0.05, 0.1) is 0 Å². The van der Waals surface area contributed by atoms with E-state index < -0.39 is 0 Å². The van der Waals surface area contributed by atoms with Crippen molar-refractivity contribution < 1.29 is 4.74 Å². The van der Waals surface area contributed by atoms with Gasteiger partial charge in [-0.2, -0.15) is 0 Å². The van der Waals surface area contributed by atoms with Gasteiger partial charge in [-0.1, -0.05) is 18.5 Å². The first-order valence-corrected chi connectivity index (χ1v) is 6.58. The Kier molecular flexibility index (Phi) is 4.71. The predicted octanol–water partition coefficient (Wildman–Crippen LogP) is 2.99. The van der Waals surface area contributed by atoms with Crippen molar-refractivity contribution in [1.82, 2.24) is 9.97 Å². The van der Waals surface area contributed by atoms with Crippen molar-refractivity contribution in [1.29, 1.82) is 0 Å². The summed E-state index contributed by atoms with van der Waals surface area (Å²) < 4.78 is 5.60. The van der Waals surface area contributed by atoms with Crippen LogP contribution in [0.1, 0.15) is 18.1 Å². The van der Waals surface area contributed by atoms with Gasteiger partial charge in [-0.05, 0) is 48.7 Å². The molecule has 19 heavy (non-hydrogen) atoms. The van der Waals surface area contributed by atoms with Crippen LogP contribution in [-0.4, -0.2) is 16.5 Å². The second kappa shape index (κ2) is 6.50. The monoisotopic (exact) mass is 277 g/mol. The van der Waals surface area contributed by atoms with Crippen LogP contribution in [0.5, 0.6) is 11.8 Å². The number of benzene rings is 1. The number of rotatable bonds is 5. The summed E-state index contributed by atoms with van der Waals surface area (Å²) in [4.78, 5) is 8.30. The molecule has 0 atom stereocenters. The molecular formula is C14H16ClN3O. The average molecular weight is 278 g/mol. The molecule has 0 bridgehead atoms. The van der Waals surface area contributed by atoms with Gasteiger partial charge in [-0.25, -0.2) is 9.97 Å². The molecule has 5 heteroatoms. The van der Waals surface area contributed by atoms with E-state index in [1.807, 2.05) is 19.1 Å². The topological polar surface area (TPSA) is 61.0 Å². The minimum Gasteiger partial charge on any atom is -0.424 e. The molecule has 2 N–H and O–H groups in total. The van der Waals surface area contributed by atoms with E-state index in [1.54, 1.807) is 18.5 Å². The molecule has 0 aliphatic heterocycles. The maximum atomic E-state index is 6.06. The van der Waals surface area contributed by atoms with Crippen molar-refractivity contribution in [3.05, 3.63) is 46.7 Å². The standard InChI is InChI=1S/C14H16ClN3O/c1-2-11-7-12(3-4-13(11)15)19-14-17-8-10(5-6-16)9-18-14/h3-4,7-9H,2,5-6,16H2,1H3. The second-order valence-corrected chi connectivity index (χ2v) is 4.53. The van der Waals surface area contributed by atoms with Gasteiger partial charge in [0.2, 0.25) is 0 Å². The van der Waals surface area contributed by atoms with Crippen LogP contribution in [0.3, 0.4) is 0 Å². The first-order chi connectivity index (χ1) is 9.22. The molecule has 2 aromatic rings. The highest BCUT2D eigenvalue weighted by Crippen LogP contribution is 2.25. The Morgan fingerprint density at radius 3 is 2.63 bits per heavy atom. The second-order valence-electron chi connectivity index (χ2n) is 4.12. The predicted molar refractivity (Wildman–Crippen MR) is 75.7 cm³/mol. The number of halogens is 1. The highest BCUT2D eigenvalue weighted by atomic mass is 35.5. The normalized spacial score (nSPS) is 10.5. The summed E-state index contributed by atoms with van der Waals surface area (Å²) in [6.45, 7) is 2.63. The maximum absolute atomic E-state index is 6.06. The van der Waals surface area contributed by atoms with E-state index in [1.165, 1.54) is 0 Å². The lowest BCUT2D eigenvalue weighted by molar-refractivity contribution is 0.440. The molecule has 0 amide bonds. The quantitative estimate of drug-likeness (QED) is 0.913. The van der Waals surface area contributed by atoms with Crippen molar-refractivity contribution in [2.24, 2.45) is 5.73 Å². The molecule has 1 heterocycles. The lowest BCUT2D eigenvalue weighted by Gasteiger charge is -2.07. The first-order valence-electron chi connectivity index (χ1n) is 6.20. The lowest BCUT2D eigenvalue weighted by Crippen LogP contribution is -2.03. The third-order valence-electron chi connectivity index (χ3n) is 2.72. The summed E-state index contributed by atoms with van der Waals surface area (Å²) in [5, 5.41) is 0.745. The molecule has 0 fully saturated rings. The molecule has 0 unspecified atom stereocenters. The largest absolute Gasteiger partial charge is 0.424 e. The van der Waals surface area contributed by atoms with Gasteiger partial charge in [-0.3, -0.25) is 0 Å². The molecule has 0 aliphatic rings. The summed E-state index contributed by atoms with van der Waals surface area (Å²) in [7, 11) is 0.